The predicted octanol–water partition coefficient (Wildman–Crippen LogP) is 3.22. The minimum absolute atomic E-state index is 0.210. The highest BCUT2D eigenvalue weighted by Crippen LogP contribution is 2.46. The normalized spacial score (nSPS) is 16.3. The molecule has 138 valence electrons. The van der Waals surface area contributed by atoms with Crippen LogP contribution in [0.3, 0.4) is 0 Å². The molecule has 2 aliphatic rings. The summed E-state index contributed by atoms with van der Waals surface area (Å²) in [5, 5.41) is 0. The van der Waals surface area contributed by atoms with Gasteiger partial charge in [0.2, 0.25) is 0 Å². The SMILES string of the molecule is COc1cc2c(cc1OC)C1c3cc(OC)c(OC)cc3CCN1CC2. The standard InChI is InChI=1S/C21H25NO4/c1-23-17-9-13-5-7-22-8-6-14-10-18(24-2)20(26-4)12-16(14)21(22)15(13)11-19(17)25-3/h9-12,21H,5-8H2,1-4H3. The summed E-state index contributed by atoms with van der Waals surface area (Å²) < 4.78 is 22.1. The molecular weight excluding hydrogens is 330 g/mol. The van der Waals surface area contributed by atoms with Crippen molar-refractivity contribution in [1.82, 2.24) is 4.90 Å². The molecule has 2 aromatic rings. The van der Waals surface area contributed by atoms with Gasteiger partial charge in [-0.05, 0) is 59.4 Å². The highest BCUT2D eigenvalue weighted by molar-refractivity contribution is 5.56. The van der Waals surface area contributed by atoms with Crippen molar-refractivity contribution in [1.29, 1.82) is 0 Å². The maximum atomic E-state index is 5.56. The van der Waals surface area contributed by atoms with Crippen LogP contribution >= 0.6 is 0 Å². The Kier molecular flexibility index (Phi) is 4.41. The second-order valence-corrected chi connectivity index (χ2v) is 6.75. The highest BCUT2D eigenvalue weighted by atomic mass is 16.5. The first-order valence-corrected chi connectivity index (χ1v) is 8.93. The number of benzene rings is 2. The minimum Gasteiger partial charge on any atom is -0.493 e. The van der Waals surface area contributed by atoms with E-state index in [-0.39, 0.29) is 6.04 Å². The van der Waals surface area contributed by atoms with E-state index < -0.39 is 0 Å². The van der Waals surface area contributed by atoms with E-state index in [2.05, 4.69) is 29.2 Å². The minimum atomic E-state index is 0.210. The van der Waals surface area contributed by atoms with Crippen LogP contribution in [0, 0.1) is 0 Å². The van der Waals surface area contributed by atoms with Gasteiger partial charge in [-0.2, -0.15) is 0 Å². The molecule has 5 nitrogen and oxygen atoms in total. The smallest absolute Gasteiger partial charge is 0.161 e. The number of hydrogen-bond acceptors (Lipinski definition) is 5. The molecule has 0 saturated heterocycles. The zero-order valence-electron chi connectivity index (χ0n) is 15.8. The van der Waals surface area contributed by atoms with E-state index >= 15 is 0 Å². The number of nitrogens with zero attached hydrogens (tertiary/aromatic N) is 1. The van der Waals surface area contributed by atoms with Crippen molar-refractivity contribution < 1.29 is 18.9 Å². The molecule has 4 rings (SSSR count). The molecular formula is C21H25NO4. The van der Waals surface area contributed by atoms with Crippen molar-refractivity contribution in [3.05, 3.63) is 46.5 Å². The number of ether oxygens (including phenoxy) is 4. The molecule has 0 radical (unpaired) electrons. The van der Waals surface area contributed by atoms with Gasteiger partial charge in [-0.3, -0.25) is 4.90 Å². The molecule has 2 aliphatic heterocycles. The molecule has 0 aromatic heterocycles. The monoisotopic (exact) mass is 355 g/mol. The van der Waals surface area contributed by atoms with E-state index in [0.29, 0.717) is 0 Å². The van der Waals surface area contributed by atoms with Crippen LogP contribution in [0.15, 0.2) is 24.3 Å². The quantitative estimate of drug-likeness (QED) is 0.842. The molecule has 2 heterocycles. The van der Waals surface area contributed by atoms with Crippen molar-refractivity contribution >= 4 is 0 Å². The molecule has 5 heteroatoms. The van der Waals surface area contributed by atoms with E-state index in [1.165, 1.54) is 22.3 Å². The number of rotatable bonds is 4. The summed E-state index contributed by atoms with van der Waals surface area (Å²) in [6, 6.07) is 8.73. The fourth-order valence-corrected chi connectivity index (χ4v) is 4.27. The van der Waals surface area contributed by atoms with Gasteiger partial charge in [-0.25, -0.2) is 0 Å². The lowest BCUT2D eigenvalue weighted by atomic mass is 9.82. The van der Waals surface area contributed by atoms with E-state index in [1.54, 1.807) is 28.4 Å². The summed E-state index contributed by atoms with van der Waals surface area (Å²) in [6.45, 7) is 2.09. The van der Waals surface area contributed by atoms with E-state index in [1.807, 2.05) is 0 Å². The average Bonchev–Trinajstić information content (AvgIpc) is 2.70. The summed E-state index contributed by atoms with van der Waals surface area (Å²) in [5.41, 5.74) is 5.24. The lowest BCUT2D eigenvalue weighted by Crippen LogP contribution is -2.40. The van der Waals surface area contributed by atoms with E-state index in [0.717, 1.165) is 48.9 Å². The molecule has 0 atom stereocenters. The van der Waals surface area contributed by atoms with E-state index in [9.17, 15) is 0 Å². The summed E-state index contributed by atoms with van der Waals surface area (Å²) in [6.07, 6.45) is 2.05. The Bertz CT molecular complexity index is 766. The molecule has 0 fully saturated rings. The van der Waals surface area contributed by atoms with Gasteiger partial charge < -0.3 is 18.9 Å². The second-order valence-electron chi connectivity index (χ2n) is 6.75. The van der Waals surface area contributed by atoms with Gasteiger partial charge in [0.25, 0.3) is 0 Å². The predicted molar refractivity (Wildman–Crippen MR) is 99.9 cm³/mol. The third-order valence-corrected chi connectivity index (χ3v) is 5.58. The van der Waals surface area contributed by atoms with Gasteiger partial charge in [0.05, 0.1) is 34.5 Å². The van der Waals surface area contributed by atoms with Gasteiger partial charge in [0.15, 0.2) is 23.0 Å². The third kappa shape index (κ3) is 2.58. The summed E-state index contributed by atoms with van der Waals surface area (Å²) in [4.78, 5) is 2.54. The van der Waals surface area contributed by atoms with Crippen molar-refractivity contribution in [2.45, 2.75) is 18.9 Å². The van der Waals surface area contributed by atoms with Crippen molar-refractivity contribution in [2.75, 3.05) is 41.5 Å². The Morgan fingerprint density at radius 1 is 0.654 bits per heavy atom. The average molecular weight is 355 g/mol. The number of methoxy groups -OCH3 is 4. The Labute approximate surface area is 154 Å². The van der Waals surface area contributed by atoms with Crippen LogP contribution in [0.1, 0.15) is 28.3 Å². The van der Waals surface area contributed by atoms with Crippen LogP contribution in [-0.4, -0.2) is 46.4 Å². The second kappa shape index (κ2) is 6.72. The van der Waals surface area contributed by atoms with E-state index in [4.69, 9.17) is 18.9 Å². The first kappa shape index (κ1) is 17.0. The molecule has 2 aromatic carbocycles. The van der Waals surface area contributed by atoms with Gasteiger partial charge in [-0.1, -0.05) is 0 Å². The molecule has 0 saturated carbocycles. The maximum Gasteiger partial charge on any atom is 0.161 e. The van der Waals surface area contributed by atoms with Gasteiger partial charge in [0.1, 0.15) is 0 Å². The van der Waals surface area contributed by atoms with Crippen LogP contribution in [0.4, 0.5) is 0 Å². The largest absolute Gasteiger partial charge is 0.493 e. The fraction of sp³-hybridized carbons (Fsp3) is 0.429. The first-order chi connectivity index (χ1) is 12.7. The summed E-state index contributed by atoms with van der Waals surface area (Å²) in [7, 11) is 6.75. The van der Waals surface area contributed by atoms with Crippen LogP contribution in [0.5, 0.6) is 23.0 Å². The topological polar surface area (TPSA) is 40.2 Å². The van der Waals surface area contributed by atoms with Crippen molar-refractivity contribution in [3.8, 4) is 23.0 Å². The molecule has 0 spiro atoms. The van der Waals surface area contributed by atoms with Crippen LogP contribution in [0.25, 0.3) is 0 Å². The Balaban J connectivity index is 1.88. The molecule has 26 heavy (non-hydrogen) atoms. The molecule has 0 N–H and O–H groups in total. The first-order valence-electron chi connectivity index (χ1n) is 8.93. The lowest BCUT2D eigenvalue weighted by Gasteiger charge is -2.42. The van der Waals surface area contributed by atoms with Crippen molar-refractivity contribution in [2.24, 2.45) is 0 Å². The maximum absolute atomic E-state index is 5.56. The lowest BCUT2D eigenvalue weighted by molar-refractivity contribution is 0.200. The van der Waals surface area contributed by atoms with Gasteiger partial charge in [-0.15, -0.1) is 0 Å². The summed E-state index contributed by atoms with van der Waals surface area (Å²) in [5.74, 6) is 3.15. The summed E-state index contributed by atoms with van der Waals surface area (Å²) >= 11 is 0. The van der Waals surface area contributed by atoms with Crippen molar-refractivity contribution in [3.63, 3.8) is 0 Å². The molecule has 0 aliphatic carbocycles. The van der Waals surface area contributed by atoms with Crippen LogP contribution < -0.4 is 18.9 Å². The highest BCUT2D eigenvalue weighted by Gasteiger charge is 2.35. The Morgan fingerprint density at radius 3 is 1.42 bits per heavy atom. The zero-order valence-corrected chi connectivity index (χ0v) is 15.8. The third-order valence-electron chi connectivity index (χ3n) is 5.58. The number of fused-ring (bicyclic) bond motifs is 5. The molecule has 0 unspecified atom stereocenters. The van der Waals surface area contributed by atoms with Gasteiger partial charge in [0, 0.05) is 13.1 Å². The van der Waals surface area contributed by atoms with Gasteiger partial charge >= 0.3 is 0 Å². The van der Waals surface area contributed by atoms with Crippen LogP contribution in [-0.2, 0) is 12.8 Å². The zero-order chi connectivity index (χ0) is 18.3. The molecule has 0 bridgehead atoms. The number of hydrogen-bond donors (Lipinski definition) is 0. The Morgan fingerprint density at radius 2 is 1.04 bits per heavy atom. The Hall–Kier alpha value is -2.40. The van der Waals surface area contributed by atoms with Crippen LogP contribution in [0.2, 0.25) is 0 Å². The fourth-order valence-electron chi connectivity index (χ4n) is 4.27. The molecule has 0 amide bonds.